The molecule has 172 valence electrons. The van der Waals surface area contributed by atoms with Crippen molar-refractivity contribution < 1.29 is 19.1 Å². The molecule has 1 aromatic rings. The molecule has 1 aromatic carbocycles. The molecule has 0 unspecified atom stereocenters. The number of benzene rings is 1. The molecular weight excluding hydrogens is 410 g/mol. The zero-order chi connectivity index (χ0) is 23.6. The van der Waals surface area contributed by atoms with Crippen molar-refractivity contribution in [1.29, 1.82) is 0 Å². The fraction of sp³-hybridized carbons (Fsp3) is 0.478. The van der Waals surface area contributed by atoms with Crippen LogP contribution in [-0.4, -0.2) is 48.9 Å². The van der Waals surface area contributed by atoms with E-state index < -0.39 is 6.09 Å². The van der Waals surface area contributed by atoms with Gasteiger partial charge in [-0.2, -0.15) is 0 Å². The maximum absolute atomic E-state index is 12.9. The number of nitrogens with zero attached hydrogens (tertiary/aromatic N) is 3. The topological polar surface area (TPSA) is 117 Å². The third-order valence-electron chi connectivity index (χ3n) is 5.22. The predicted octanol–water partition coefficient (Wildman–Crippen LogP) is 3.28. The number of nitrogens with two attached hydrogens (primary N) is 1. The molecule has 1 fully saturated rings. The van der Waals surface area contributed by atoms with Crippen LogP contribution in [-0.2, 0) is 14.3 Å². The van der Waals surface area contributed by atoms with Crippen LogP contribution < -0.4 is 20.9 Å². The molecular formula is C23H31N5O4. The van der Waals surface area contributed by atoms with E-state index in [1.54, 1.807) is 37.1 Å². The Balaban J connectivity index is 2.19. The number of nitrogens with one attached hydrogen (secondary N) is 1. The first-order valence-corrected chi connectivity index (χ1v) is 10.8. The van der Waals surface area contributed by atoms with E-state index in [1.165, 1.54) is 24.9 Å². The molecule has 0 aromatic heterocycles. The molecule has 2 aliphatic rings. The first-order chi connectivity index (χ1) is 15.1. The molecule has 9 heteroatoms. The van der Waals surface area contributed by atoms with Gasteiger partial charge in [-0.3, -0.25) is 19.5 Å². The summed E-state index contributed by atoms with van der Waals surface area (Å²) in [6.45, 7) is 8.58. The fourth-order valence-corrected chi connectivity index (χ4v) is 3.73. The number of hydrogen-bond acceptors (Lipinski definition) is 6. The Bertz CT molecular complexity index is 981. The maximum Gasteiger partial charge on any atom is 0.414 e. The fourth-order valence-electron chi connectivity index (χ4n) is 3.73. The van der Waals surface area contributed by atoms with Gasteiger partial charge in [0.2, 0.25) is 11.8 Å². The number of carbonyl (C=O) groups excluding carboxylic acids is 3. The van der Waals surface area contributed by atoms with Crippen LogP contribution in [0.4, 0.5) is 21.9 Å². The van der Waals surface area contributed by atoms with Gasteiger partial charge in [0.15, 0.2) is 0 Å². The van der Waals surface area contributed by atoms with E-state index >= 15 is 0 Å². The van der Waals surface area contributed by atoms with Crippen molar-refractivity contribution in [1.82, 2.24) is 0 Å². The Hall–Kier alpha value is -3.36. The van der Waals surface area contributed by atoms with Gasteiger partial charge in [-0.05, 0) is 45.7 Å². The minimum atomic E-state index is -0.501. The summed E-state index contributed by atoms with van der Waals surface area (Å²) in [5.41, 5.74) is 8.62. The largest absolute Gasteiger partial charge is 0.446 e. The van der Waals surface area contributed by atoms with Crippen molar-refractivity contribution in [2.24, 2.45) is 10.7 Å². The van der Waals surface area contributed by atoms with Crippen LogP contribution in [0.2, 0.25) is 0 Å². The van der Waals surface area contributed by atoms with Gasteiger partial charge in [0.25, 0.3) is 0 Å². The van der Waals surface area contributed by atoms with E-state index in [1.807, 2.05) is 6.92 Å². The Labute approximate surface area is 188 Å². The maximum atomic E-state index is 12.9. The molecule has 3 rings (SSSR count). The molecule has 0 bridgehead atoms. The molecule has 1 atom stereocenters. The van der Waals surface area contributed by atoms with Gasteiger partial charge in [-0.25, -0.2) is 4.79 Å². The Kier molecular flexibility index (Phi) is 6.86. The number of ether oxygens (including phenoxy) is 1. The van der Waals surface area contributed by atoms with E-state index in [-0.39, 0.29) is 30.5 Å². The minimum absolute atomic E-state index is 0.165. The van der Waals surface area contributed by atoms with Gasteiger partial charge < -0.3 is 20.7 Å². The molecule has 3 N–H and O–H groups in total. The molecule has 1 aliphatic carbocycles. The summed E-state index contributed by atoms with van der Waals surface area (Å²) in [4.78, 5) is 44.9. The smallest absolute Gasteiger partial charge is 0.414 e. The van der Waals surface area contributed by atoms with Crippen molar-refractivity contribution in [3.05, 3.63) is 23.9 Å². The highest BCUT2D eigenvalue weighted by atomic mass is 16.6. The van der Waals surface area contributed by atoms with Crippen LogP contribution in [0.5, 0.6) is 0 Å². The number of allylic oxidation sites excluding steroid dienone is 1. The minimum Gasteiger partial charge on any atom is -0.446 e. The van der Waals surface area contributed by atoms with Gasteiger partial charge in [0, 0.05) is 43.9 Å². The summed E-state index contributed by atoms with van der Waals surface area (Å²) in [6.07, 6.45) is 4.39. The van der Waals surface area contributed by atoms with Crippen LogP contribution in [0.1, 0.15) is 53.0 Å². The molecule has 0 radical (unpaired) electrons. The molecule has 0 saturated heterocycles. The van der Waals surface area contributed by atoms with E-state index in [0.29, 0.717) is 34.2 Å². The van der Waals surface area contributed by atoms with Crippen molar-refractivity contribution in [3.8, 4) is 0 Å². The molecule has 32 heavy (non-hydrogen) atoms. The van der Waals surface area contributed by atoms with E-state index in [0.717, 1.165) is 12.8 Å². The first-order valence-electron chi connectivity index (χ1n) is 10.8. The van der Waals surface area contributed by atoms with Crippen LogP contribution in [0.15, 0.2) is 23.3 Å². The number of rotatable bonds is 5. The van der Waals surface area contributed by atoms with Crippen LogP contribution in [0, 0.1) is 0 Å². The highest BCUT2D eigenvalue weighted by Crippen LogP contribution is 2.42. The lowest BCUT2D eigenvalue weighted by molar-refractivity contribution is -0.117. The lowest BCUT2D eigenvalue weighted by atomic mass is 9.99. The van der Waals surface area contributed by atoms with Gasteiger partial charge in [-0.15, -0.1) is 0 Å². The summed E-state index contributed by atoms with van der Waals surface area (Å²) in [7, 11) is 0. The number of aliphatic imine (C=N–C) groups is 1. The van der Waals surface area contributed by atoms with Gasteiger partial charge >= 0.3 is 6.09 Å². The van der Waals surface area contributed by atoms with Crippen LogP contribution >= 0.6 is 0 Å². The summed E-state index contributed by atoms with van der Waals surface area (Å²) in [5, 5.41) is 2.82. The monoisotopic (exact) mass is 441 g/mol. The summed E-state index contributed by atoms with van der Waals surface area (Å²) in [5.74, 6) is -0.432. The van der Waals surface area contributed by atoms with Crippen LogP contribution in [0.25, 0.3) is 5.57 Å². The highest BCUT2D eigenvalue weighted by Gasteiger charge is 2.36. The Morgan fingerprint density at radius 2 is 1.91 bits per heavy atom. The van der Waals surface area contributed by atoms with E-state index in [4.69, 9.17) is 10.5 Å². The number of carbonyl (C=O) groups is 3. The molecule has 1 heterocycles. The number of hydrogen-bond donors (Lipinski definition) is 2. The second-order valence-electron chi connectivity index (χ2n) is 8.48. The first kappa shape index (κ1) is 23.3. The Morgan fingerprint density at radius 1 is 1.22 bits per heavy atom. The summed E-state index contributed by atoms with van der Waals surface area (Å²) >= 11 is 0. The average Bonchev–Trinajstić information content (AvgIpc) is 3.51. The standard InChI is InChI=1S/C23H31N5O4/c1-13(2)32-23(31)27-12-14(3)28(16(5)30)22-9-20(26-15(4)29)19(8-21(22)27)17(10-24)11-25-18-6-7-18/h8-11,13-14,18H,6-7,12,24H2,1-5H3,(H,26,29)/t14-/m0/s1. The zero-order valence-corrected chi connectivity index (χ0v) is 19.2. The normalized spacial score (nSPS) is 18.7. The third-order valence-corrected chi connectivity index (χ3v) is 5.22. The SMILES string of the molecule is CC(=O)Nc1cc2c(cc1C(C=NC1CC1)=CN)N(C(=O)OC(C)C)C[C@H](C)N2C(C)=O. The lowest BCUT2D eigenvalue weighted by Gasteiger charge is -2.41. The number of amides is 3. The molecule has 9 nitrogen and oxygen atoms in total. The molecule has 1 saturated carbocycles. The molecule has 0 spiro atoms. The van der Waals surface area contributed by atoms with Crippen molar-refractivity contribution in [2.45, 2.75) is 65.6 Å². The zero-order valence-electron chi connectivity index (χ0n) is 19.2. The highest BCUT2D eigenvalue weighted by molar-refractivity contribution is 6.15. The van der Waals surface area contributed by atoms with Crippen LogP contribution in [0.3, 0.4) is 0 Å². The van der Waals surface area contributed by atoms with Crippen molar-refractivity contribution >= 4 is 46.8 Å². The lowest BCUT2D eigenvalue weighted by Crippen LogP contribution is -2.51. The predicted molar refractivity (Wildman–Crippen MR) is 126 cm³/mol. The summed E-state index contributed by atoms with van der Waals surface area (Å²) in [6, 6.07) is 3.46. The molecule has 1 aliphatic heterocycles. The van der Waals surface area contributed by atoms with Crippen molar-refractivity contribution in [3.63, 3.8) is 0 Å². The molecule has 3 amide bonds. The second-order valence-corrected chi connectivity index (χ2v) is 8.48. The van der Waals surface area contributed by atoms with E-state index in [2.05, 4.69) is 10.3 Å². The average molecular weight is 442 g/mol. The number of fused-ring (bicyclic) bond motifs is 1. The number of anilines is 3. The van der Waals surface area contributed by atoms with Gasteiger partial charge in [0.1, 0.15) is 0 Å². The third kappa shape index (κ3) is 5.09. The van der Waals surface area contributed by atoms with Gasteiger partial charge in [0.05, 0.1) is 35.2 Å². The second kappa shape index (κ2) is 9.42. The van der Waals surface area contributed by atoms with Gasteiger partial charge in [-0.1, -0.05) is 0 Å². The summed E-state index contributed by atoms with van der Waals surface area (Å²) < 4.78 is 5.45. The quantitative estimate of drug-likeness (QED) is 0.680. The Morgan fingerprint density at radius 3 is 2.44 bits per heavy atom. The van der Waals surface area contributed by atoms with E-state index in [9.17, 15) is 14.4 Å². The van der Waals surface area contributed by atoms with Crippen molar-refractivity contribution in [2.75, 3.05) is 21.7 Å².